The Kier molecular flexibility index (Phi) is 3.01. The molecule has 3 nitrogen and oxygen atoms in total. The quantitative estimate of drug-likeness (QED) is 0.727. The van der Waals surface area contributed by atoms with Crippen molar-refractivity contribution in [3.05, 3.63) is 57.5 Å². The number of hydrogen-bond acceptors (Lipinski definition) is 2. The molecule has 90 valence electrons. The number of halogens is 1. The molecule has 5 heteroatoms. The molecule has 0 spiro atoms. The average Bonchev–Trinajstić information content (AvgIpc) is 2.69. The van der Waals surface area contributed by atoms with Crippen LogP contribution in [0.15, 0.2) is 47.2 Å². The Morgan fingerprint density at radius 1 is 1.22 bits per heavy atom. The predicted molar refractivity (Wildman–Crippen MR) is 78.2 cm³/mol. The molecule has 0 unspecified atom stereocenters. The highest BCUT2D eigenvalue weighted by molar-refractivity contribution is 9.10. The standard InChI is InChI=1S/C13H10BrN3S/c14-10-3-1-9(2-4-10)8-17-12-5-6-15-7-11(12)16-13(17)18/h1-7H,8H2,(H,16,18). The average molecular weight is 320 g/mol. The van der Waals surface area contributed by atoms with Crippen molar-refractivity contribution >= 4 is 39.2 Å². The lowest BCUT2D eigenvalue weighted by Crippen LogP contribution is -1.99. The van der Waals surface area contributed by atoms with Gasteiger partial charge in [-0.2, -0.15) is 0 Å². The molecule has 3 rings (SSSR count). The van der Waals surface area contributed by atoms with E-state index in [1.165, 1.54) is 5.56 Å². The second kappa shape index (κ2) is 4.66. The van der Waals surface area contributed by atoms with Crippen LogP contribution in [0.25, 0.3) is 11.0 Å². The van der Waals surface area contributed by atoms with Gasteiger partial charge in [-0.25, -0.2) is 0 Å². The molecule has 1 aromatic carbocycles. The molecule has 0 saturated carbocycles. The van der Waals surface area contributed by atoms with E-state index in [9.17, 15) is 0 Å². The Labute approximate surface area is 118 Å². The summed E-state index contributed by atoms with van der Waals surface area (Å²) in [7, 11) is 0. The largest absolute Gasteiger partial charge is 0.329 e. The summed E-state index contributed by atoms with van der Waals surface area (Å²) < 4.78 is 3.88. The fourth-order valence-electron chi connectivity index (χ4n) is 1.94. The minimum Gasteiger partial charge on any atom is -0.329 e. The Balaban J connectivity index is 2.07. The van der Waals surface area contributed by atoms with Crippen LogP contribution in [0.2, 0.25) is 0 Å². The lowest BCUT2D eigenvalue weighted by molar-refractivity contribution is 0.810. The van der Waals surface area contributed by atoms with Gasteiger partial charge >= 0.3 is 0 Å². The highest BCUT2D eigenvalue weighted by Crippen LogP contribution is 2.16. The zero-order valence-corrected chi connectivity index (χ0v) is 11.8. The number of imidazole rings is 1. The van der Waals surface area contributed by atoms with Crippen molar-refractivity contribution in [2.75, 3.05) is 0 Å². The molecule has 0 fully saturated rings. The first-order valence-corrected chi connectivity index (χ1v) is 6.71. The van der Waals surface area contributed by atoms with E-state index in [-0.39, 0.29) is 0 Å². The molecule has 3 aromatic rings. The van der Waals surface area contributed by atoms with Crippen LogP contribution in [0.3, 0.4) is 0 Å². The van der Waals surface area contributed by atoms with Crippen LogP contribution in [-0.4, -0.2) is 14.5 Å². The number of rotatable bonds is 2. The summed E-state index contributed by atoms with van der Waals surface area (Å²) in [4.78, 5) is 7.25. The van der Waals surface area contributed by atoms with Crippen molar-refractivity contribution in [1.82, 2.24) is 14.5 Å². The molecule has 2 aromatic heterocycles. The van der Waals surface area contributed by atoms with Gasteiger partial charge in [-0.05, 0) is 36.0 Å². The van der Waals surface area contributed by atoms with Gasteiger partial charge in [0.05, 0.1) is 23.8 Å². The summed E-state index contributed by atoms with van der Waals surface area (Å²) in [5, 5.41) is 0. The topological polar surface area (TPSA) is 33.6 Å². The number of nitrogens with zero attached hydrogens (tertiary/aromatic N) is 2. The Hall–Kier alpha value is -1.46. The first-order valence-electron chi connectivity index (χ1n) is 5.51. The van der Waals surface area contributed by atoms with Crippen molar-refractivity contribution < 1.29 is 0 Å². The van der Waals surface area contributed by atoms with E-state index < -0.39 is 0 Å². The number of nitrogens with one attached hydrogen (secondary N) is 1. The van der Waals surface area contributed by atoms with Gasteiger partial charge in [0.1, 0.15) is 0 Å². The van der Waals surface area contributed by atoms with Crippen molar-refractivity contribution in [3.8, 4) is 0 Å². The number of benzene rings is 1. The molecular weight excluding hydrogens is 310 g/mol. The fraction of sp³-hybridized carbons (Fsp3) is 0.0769. The van der Waals surface area contributed by atoms with Crippen molar-refractivity contribution in [2.24, 2.45) is 0 Å². The van der Waals surface area contributed by atoms with E-state index in [0.717, 1.165) is 26.8 Å². The number of H-pyrrole nitrogens is 1. The Bertz CT molecular complexity index is 743. The van der Waals surface area contributed by atoms with Crippen LogP contribution in [0.5, 0.6) is 0 Å². The number of pyridine rings is 1. The van der Waals surface area contributed by atoms with E-state index in [2.05, 4.69) is 42.6 Å². The second-order valence-corrected chi connectivity index (χ2v) is 5.34. The zero-order chi connectivity index (χ0) is 12.5. The Morgan fingerprint density at radius 2 is 2.00 bits per heavy atom. The van der Waals surface area contributed by atoms with Gasteiger partial charge in [-0.15, -0.1) is 0 Å². The molecule has 0 radical (unpaired) electrons. The Morgan fingerprint density at radius 3 is 2.78 bits per heavy atom. The van der Waals surface area contributed by atoms with Crippen molar-refractivity contribution in [1.29, 1.82) is 0 Å². The third kappa shape index (κ3) is 2.11. The van der Waals surface area contributed by atoms with Gasteiger partial charge in [0, 0.05) is 10.7 Å². The third-order valence-electron chi connectivity index (χ3n) is 2.83. The number of aromatic amines is 1. The van der Waals surface area contributed by atoms with E-state index in [1.807, 2.05) is 18.2 Å². The number of fused-ring (bicyclic) bond motifs is 1. The minimum absolute atomic E-state index is 0.723. The molecule has 0 aliphatic heterocycles. The summed E-state index contributed by atoms with van der Waals surface area (Å²) >= 11 is 8.78. The summed E-state index contributed by atoms with van der Waals surface area (Å²) in [6, 6.07) is 10.2. The van der Waals surface area contributed by atoms with E-state index in [4.69, 9.17) is 12.2 Å². The SMILES string of the molecule is S=c1[nH]c2cnccc2n1Cc1ccc(Br)cc1. The van der Waals surface area contributed by atoms with E-state index >= 15 is 0 Å². The first-order chi connectivity index (χ1) is 8.74. The molecular formula is C13H10BrN3S. The van der Waals surface area contributed by atoms with E-state index in [0.29, 0.717) is 0 Å². The zero-order valence-electron chi connectivity index (χ0n) is 9.43. The molecule has 2 heterocycles. The van der Waals surface area contributed by atoms with Crippen LogP contribution < -0.4 is 0 Å². The van der Waals surface area contributed by atoms with Gasteiger partial charge in [-0.1, -0.05) is 28.1 Å². The van der Waals surface area contributed by atoms with Gasteiger partial charge in [-0.3, -0.25) is 4.98 Å². The highest BCUT2D eigenvalue weighted by atomic mass is 79.9. The van der Waals surface area contributed by atoms with Gasteiger partial charge in [0.2, 0.25) is 0 Å². The van der Waals surface area contributed by atoms with Crippen LogP contribution in [0.4, 0.5) is 0 Å². The molecule has 0 atom stereocenters. The van der Waals surface area contributed by atoms with Gasteiger partial charge < -0.3 is 9.55 Å². The smallest absolute Gasteiger partial charge is 0.178 e. The minimum atomic E-state index is 0.723. The third-order valence-corrected chi connectivity index (χ3v) is 3.68. The monoisotopic (exact) mass is 319 g/mol. The van der Waals surface area contributed by atoms with Gasteiger partial charge in [0.25, 0.3) is 0 Å². The molecule has 18 heavy (non-hydrogen) atoms. The second-order valence-electron chi connectivity index (χ2n) is 4.04. The highest BCUT2D eigenvalue weighted by Gasteiger charge is 2.04. The van der Waals surface area contributed by atoms with Crippen LogP contribution in [0.1, 0.15) is 5.56 Å². The molecule has 0 bridgehead atoms. The van der Waals surface area contributed by atoms with Crippen LogP contribution in [0, 0.1) is 4.77 Å². The number of hydrogen-bond donors (Lipinski definition) is 1. The molecule has 0 aliphatic carbocycles. The molecule has 0 amide bonds. The maximum absolute atomic E-state index is 5.35. The van der Waals surface area contributed by atoms with Crippen LogP contribution >= 0.6 is 28.1 Å². The normalized spacial score (nSPS) is 10.9. The molecule has 0 aliphatic rings. The number of aromatic nitrogens is 3. The van der Waals surface area contributed by atoms with Crippen molar-refractivity contribution in [2.45, 2.75) is 6.54 Å². The van der Waals surface area contributed by atoms with Crippen molar-refractivity contribution in [3.63, 3.8) is 0 Å². The lowest BCUT2D eigenvalue weighted by Gasteiger charge is -2.04. The fourth-order valence-corrected chi connectivity index (χ4v) is 2.48. The lowest BCUT2D eigenvalue weighted by atomic mass is 10.2. The summed E-state index contributed by atoms with van der Waals surface area (Å²) in [6.45, 7) is 0.760. The maximum Gasteiger partial charge on any atom is 0.178 e. The first kappa shape index (κ1) is 11.6. The van der Waals surface area contributed by atoms with Gasteiger partial charge in [0.15, 0.2) is 4.77 Å². The molecule has 1 N–H and O–H groups in total. The predicted octanol–water partition coefficient (Wildman–Crippen LogP) is 3.90. The maximum atomic E-state index is 5.35. The van der Waals surface area contributed by atoms with Crippen LogP contribution in [-0.2, 0) is 6.54 Å². The summed E-state index contributed by atoms with van der Waals surface area (Å²) in [5.41, 5.74) is 3.27. The summed E-state index contributed by atoms with van der Waals surface area (Å²) in [6.07, 6.45) is 3.58. The van der Waals surface area contributed by atoms with E-state index in [1.54, 1.807) is 12.4 Å². The molecule has 0 saturated heterocycles. The summed E-state index contributed by atoms with van der Waals surface area (Å²) in [5.74, 6) is 0.